The van der Waals surface area contributed by atoms with E-state index in [4.69, 9.17) is 0 Å². The third-order valence-corrected chi connectivity index (χ3v) is 6.05. The average Bonchev–Trinajstić information content (AvgIpc) is 3.10. The number of nitrogens with one attached hydrogen (secondary N) is 1. The fourth-order valence-electron chi connectivity index (χ4n) is 4.47. The number of rotatable bonds is 3. The second-order valence-corrected chi connectivity index (χ2v) is 8.46. The molecule has 0 saturated carbocycles. The fraction of sp³-hybridized carbons (Fsp3) is 0.524. The molecule has 2 aromatic rings. The SMILES string of the molecule is C[C@H]1C[C@H](Cc2ccn3ncc(N4CCC(=O)NC4=O)c3c2)CCN1C(=O)N(C)C. The summed E-state index contributed by atoms with van der Waals surface area (Å²) >= 11 is 0. The van der Waals surface area contributed by atoms with Gasteiger partial charge in [-0.2, -0.15) is 5.10 Å². The van der Waals surface area contributed by atoms with Crippen molar-refractivity contribution in [2.45, 2.75) is 38.6 Å². The highest BCUT2D eigenvalue weighted by molar-refractivity contribution is 6.07. The Morgan fingerprint density at radius 2 is 2.10 bits per heavy atom. The van der Waals surface area contributed by atoms with Crippen LogP contribution in [0.25, 0.3) is 5.52 Å². The number of urea groups is 2. The monoisotopic (exact) mass is 412 g/mol. The molecular formula is C21H28N6O3. The van der Waals surface area contributed by atoms with E-state index in [1.165, 1.54) is 5.56 Å². The number of carbonyl (C=O) groups is 3. The van der Waals surface area contributed by atoms with Crippen LogP contribution in [0, 0.1) is 5.92 Å². The van der Waals surface area contributed by atoms with Gasteiger partial charge in [0.2, 0.25) is 5.91 Å². The van der Waals surface area contributed by atoms with Crippen LogP contribution in [0.3, 0.4) is 0 Å². The number of amides is 5. The minimum absolute atomic E-state index is 0.0737. The number of aromatic nitrogens is 2. The Hall–Kier alpha value is -3.10. The number of hydrogen-bond donors (Lipinski definition) is 1. The molecule has 0 radical (unpaired) electrons. The summed E-state index contributed by atoms with van der Waals surface area (Å²) in [5.41, 5.74) is 2.74. The second kappa shape index (κ2) is 7.97. The quantitative estimate of drug-likeness (QED) is 0.836. The number of fused-ring (bicyclic) bond motifs is 1. The molecule has 0 aliphatic carbocycles. The number of pyridine rings is 1. The number of anilines is 1. The zero-order chi connectivity index (χ0) is 21.4. The van der Waals surface area contributed by atoms with Crippen LogP contribution in [-0.2, 0) is 11.2 Å². The summed E-state index contributed by atoms with van der Waals surface area (Å²) in [6, 6.07) is 4.02. The first-order valence-electron chi connectivity index (χ1n) is 10.4. The van der Waals surface area contributed by atoms with Crippen molar-refractivity contribution < 1.29 is 14.4 Å². The predicted octanol–water partition coefficient (Wildman–Crippen LogP) is 2.11. The van der Waals surface area contributed by atoms with E-state index in [-0.39, 0.29) is 24.4 Å². The summed E-state index contributed by atoms with van der Waals surface area (Å²) in [7, 11) is 3.58. The van der Waals surface area contributed by atoms with Gasteiger partial charge in [-0.25, -0.2) is 14.1 Å². The van der Waals surface area contributed by atoms with Gasteiger partial charge in [-0.05, 0) is 49.8 Å². The smallest absolute Gasteiger partial charge is 0.328 e. The first-order valence-corrected chi connectivity index (χ1v) is 10.4. The van der Waals surface area contributed by atoms with E-state index in [9.17, 15) is 14.4 Å². The van der Waals surface area contributed by atoms with Crippen molar-refractivity contribution in [3.05, 3.63) is 30.1 Å². The van der Waals surface area contributed by atoms with E-state index >= 15 is 0 Å². The molecule has 30 heavy (non-hydrogen) atoms. The van der Waals surface area contributed by atoms with E-state index in [1.54, 1.807) is 34.6 Å². The van der Waals surface area contributed by atoms with Gasteiger partial charge in [-0.1, -0.05) is 0 Å². The third kappa shape index (κ3) is 3.83. The Bertz CT molecular complexity index is 984. The first-order chi connectivity index (χ1) is 14.3. The van der Waals surface area contributed by atoms with Crippen molar-refractivity contribution in [2.24, 2.45) is 5.92 Å². The summed E-state index contributed by atoms with van der Waals surface area (Å²) in [6.45, 7) is 3.24. The normalized spacial score (nSPS) is 22.4. The van der Waals surface area contributed by atoms with Crippen molar-refractivity contribution in [1.29, 1.82) is 0 Å². The van der Waals surface area contributed by atoms with E-state index in [0.29, 0.717) is 18.2 Å². The maximum absolute atomic E-state index is 12.3. The van der Waals surface area contributed by atoms with Crippen molar-refractivity contribution >= 4 is 29.2 Å². The highest BCUT2D eigenvalue weighted by Gasteiger charge is 2.30. The topological polar surface area (TPSA) is 90.3 Å². The maximum atomic E-state index is 12.3. The standard InChI is InChI=1S/C21H28N6O3/c1-14-10-15(4-7-25(14)21(30)24(2)3)11-16-5-9-27-17(12-16)18(13-22-27)26-8-6-19(28)23-20(26)29/h5,9,12-15H,4,6-8,10-11H2,1-3H3,(H,23,28,29)/t14-,15+/m0/s1. The van der Waals surface area contributed by atoms with Gasteiger partial charge in [0.05, 0.1) is 17.4 Å². The summed E-state index contributed by atoms with van der Waals surface area (Å²) < 4.78 is 1.75. The van der Waals surface area contributed by atoms with E-state index < -0.39 is 6.03 Å². The van der Waals surface area contributed by atoms with Crippen molar-refractivity contribution in [2.75, 3.05) is 32.1 Å². The molecule has 5 amide bonds. The molecular weight excluding hydrogens is 384 g/mol. The van der Waals surface area contributed by atoms with Crippen LogP contribution in [0.15, 0.2) is 24.5 Å². The largest absolute Gasteiger partial charge is 0.331 e. The lowest BCUT2D eigenvalue weighted by molar-refractivity contribution is -0.120. The van der Waals surface area contributed by atoms with E-state index in [1.807, 2.05) is 11.1 Å². The molecule has 1 N–H and O–H groups in total. The molecule has 2 saturated heterocycles. The molecule has 2 atom stereocenters. The number of likely N-dealkylation sites (tertiary alicyclic amines) is 1. The van der Waals surface area contributed by atoms with Crippen LogP contribution in [0.5, 0.6) is 0 Å². The lowest BCUT2D eigenvalue weighted by Crippen LogP contribution is -2.49. The minimum atomic E-state index is -0.404. The van der Waals surface area contributed by atoms with Gasteiger partial charge < -0.3 is 9.80 Å². The molecule has 2 aromatic heterocycles. The highest BCUT2D eigenvalue weighted by atomic mass is 16.2. The molecule has 4 rings (SSSR count). The van der Waals surface area contributed by atoms with Gasteiger partial charge in [0.25, 0.3) is 0 Å². The van der Waals surface area contributed by atoms with Crippen molar-refractivity contribution in [1.82, 2.24) is 24.7 Å². The van der Waals surface area contributed by atoms with Crippen LogP contribution >= 0.6 is 0 Å². The van der Waals surface area contributed by atoms with Crippen LogP contribution in [0.4, 0.5) is 15.3 Å². The Balaban J connectivity index is 1.49. The minimum Gasteiger partial charge on any atom is -0.331 e. The highest BCUT2D eigenvalue weighted by Crippen LogP contribution is 2.29. The maximum Gasteiger partial charge on any atom is 0.328 e. The molecule has 2 fully saturated rings. The first kappa shape index (κ1) is 20.2. The second-order valence-electron chi connectivity index (χ2n) is 8.46. The number of imide groups is 1. The molecule has 0 unspecified atom stereocenters. The van der Waals surface area contributed by atoms with Crippen molar-refractivity contribution in [3.8, 4) is 0 Å². The van der Waals surface area contributed by atoms with Gasteiger partial charge in [0.1, 0.15) is 0 Å². The van der Waals surface area contributed by atoms with E-state index in [0.717, 1.165) is 31.3 Å². The summed E-state index contributed by atoms with van der Waals surface area (Å²) in [5.74, 6) is 0.248. The Morgan fingerprint density at radius 1 is 1.30 bits per heavy atom. The molecule has 160 valence electrons. The number of hydrogen-bond acceptors (Lipinski definition) is 4. The molecule has 9 heteroatoms. The summed E-state index contributed by atoms with van der Waals surface area (Å²) in [4.78, 5) is 41.2. The zero-order valence-electron chi connectivity index (χ0n) is 17.7. The molecule has 0 aromatic carbocycles. The summed E-state index contributed by atoms with van der Waals surface area (Å²) in [6.07, 6.45) is 6.72. The Labute approximate surface area is 175 Å². The van der Waals surface area contributed by atoms with Gasteiger partial charge in [-0.3, -0.25) is 15.0 Å². The molecule has 2 aliphatic heterocycles. The van der Waals surface area contributed by atoms with Crippen molar-refractivity contribution in [3.63, 3.8) is 0 Å². The molecule has 9 nitrogen and oxygen atoms in total. The van der Waals surface area contributed by atoms with Gasteiger partial charge in [0.15, 0.2) is 0 Å². The molecule has 4 heterocycles. The molecule has 2 aliphatic rings. The Kier molecular flexibility index (Phi) is 5.36. The van der Waals surface area contributed by atoms with Gasteiger partial charge >= 0.3 is 12.1 Å². The lowest BCUT2D eigenvalue weighted by Gasteiger charge is -2.39. The van der Waals surface area contributed by atoms with Crippen LogP contribution < -0.4 is 10.2 Å². The number of nitrogens with zero attached hydrogens (tertiary/aromatic N) is 5. The van der Waals surface area contributed by atoms with Crippen LogP contribution in [0.1, 0.15) is 31.7 Å². The molecule has 0 bridgehead atoms. The number of carbonyl (C=O) groups excluding carboxylic acids is 3. The van der Waals surface area contributed by atoms with Gasteiger partial charge in [-0.15, -0.1) is 0 Å². The third-order valence-electron chi connectivity index (χ3n) is 6.05. The van der Waals surface area contributed by atoms with Crippen LogP contribution in [0.2, 0.25) is 0 Å². The van der Waals surface area contributed by atoms with Gasteiger partial charge in [0, 0.05) is 45.8 Å². The Morgan fingerprint density at radius 3 is 2.80 bits per heavy atom. The van der Waals surface area contributed by atoms with Crippen LogP contribution in [-0.4, -0.2) is 70.6 Å². The predicted molar refractivity (Wildman–Crippen MR) is 112 cm³/mol. The number of piperidine rings is 1. The average molecular weight is 412 g/mol. The molecule has 0 spiro atoms. The lowest BCUT2D eigenvalue weighted by atomic mass is 9.87. The fourth-order valence-corrected chi connectivity index (χ4v) is 4.47. The summed E-state index contributed by atoms with van der Waals surface area (Å²) in [5, 5.41) is 6.72. The van der Waals surface area contributed by atoms with E-state index in [2.05, 4.69) is 29.5 Å². The zero-order valence-corrected chi connectivity index (χ0v) is 17.7.